The SMILES string of the molecule is CCNC(=NCC(C)(O)c1cccs1)NCC(NC(=O)OC(C)(C)C)C(C)C.I. The number of aliphatic hydroxyl groups is 1. The Morgan fingerprint density at radius 3 is 2.41 bits per heavy atom. The third kappa shape index (κ3) is 11.0. The molecule has 1 heterocycles. The Bertz CT molecular complexity index is 628. The van der Waals surface area contributed by atoms with E-state index in [4.69, 9.17) is 4.74 Å². The van der Waals surface area contributed by atoms with E-state index < -0.39 is 17.3 Å². The van der Waals surface area contributed by atoms with E-state index in [1.807, 2.05) is 59.1 Å². The molecule has 0 aromatic carbocycles. The Labute approximate surface area is 196 Å². The highest BCUT2D eigenvalue weighted by molar-refractivity contribution is 14.0. The van der Waals surface area contributed by atoms with Crippen LogP contribution in [0.1, 0.15) is 53.3 Å². The van der Waals surface area contributed by atoms with E-state index in [0.29, 0.717) is 19.0 Å². The Hall–Kier alpha value is -1.07. The number of thiophene rings is 1. The highest BCUT2D eigenvalue weighted by Gasteiger charge is 2.25. The predicted octanol–water partition coefficient (Wildman–Crippen LogP) is 3.68. The first-order chi connectivity index (χ1) is 12.9. The molecule has 0 bridgehead atoms. The zero-order valence-electron chi connectivity index (χ0n) is 18.5. The fourth-order valence-electron chi connectivity index (χ4n) is 2.36. The van der Waals surface area contributed by atoms with E-state index in [-0.39, 0.29) is 42.5 Å². The number of ether oxygens (including phenoxy) is 1. The number of halogens is 1. The minimum Gasteiger partial charge on any atom is -0.444 e. The predicted molar refractivity (Wildman–Crippen MR) is 131 cm³/mol. The third-order valence-corrected chi connectivity index (χ3v) is 5.06. The van der Waals surface area contributed by atoms with Gasteiger partial charge in [-0.3, -0.25) is 0 Å². The van der Waals surface area contributed by atoms with Crippen LogP contribution in [0.15, 0.2) is 22.5 Å². The Morgan fingerprint density at radius 2 is 1.93 bits per heavy atom. The fourth-order valence-corrected chi connectivity index (χ4v) is 3.14. The highest BCUT2D eigenvalue weighted by Crippen LogP contribution is 2.25. The summed E-state index contributed by atoms with van der Waals surface area (Å²) in [6.07, 6.45) is -0.435. The van der Waals surface area contributed by atoms with Gasteiger partial charge in [0.15, 0.2) is 5.96 Å². The quantitative estimate of drug-likeness (QED) is 0.229. The average Bonchev–Trinajstić information content (AvgIpc) is 3.09. The van der Waals surface area contributed by atoms with E-state index in [0.717, 1.165) is 4.88 Å². The van der Waals surface area contributed by atoms with Gasteiger partial charge in [-0.2, -0.15) is 0 Å². The standard InChI is InChI=1S/C20H36N4O3S.HI/c1-8-21-17(23-13-20(7,26)16-10-9-11-28-16)22-12-15(14(2)3)24-18(25)27-19(4,5)6;/h9-11,14-15,26H,8,12-13H2,1-7H3,(H,24,25)(H2,21,22,23);1H. The monoisotopic (exact) mass is 540 g/mol. The van der Waals surface area contributed by atoms with Gasteiger partial charge in [-0.15, -0.1) is 35.3 Å². The summed E-state index contributed by atoms with van der Waals surface area (Å²) in [6.45, 7) is 14.7. The molecule has 0 radical (unpaired) electrons. The molecule has 2 unspecified atom stereocenters. The van der Waals surface area contributed by atoms with Gasteiger partial charge in [-0.05, 0) is 52.0 Å². The Morgan fingerprint density at radius 1 is 1.28 bits per heavy atom. The molecule has 0 saturated heterocycles. The molecule has 1 aromatic heterocycles. The van der Waals surface area contributed by atoms with Crippen LogP contribution >= 0.6 is 35.3 Å². The van der Waals surface area contributed by atoms with E-state index >= 15 is 0 Å². The lowest BCUT2D eigenvalue weighted by molar-refractivity contribution is 0.0491. The third-order valence-electron chi connectivity index (χ3n) is 3.94. The lowest BCUT2D eigenvalue weighted by atomic mass is 10.0. The van der Waals surface area contributed by atoms with Crippen molar-refractivity contribution in [3.05, 3.63) is 22.4 Å². The average molecular weight is 541 g/mol. The molecule has 4 N–H and O–H groups in total. The number of carbonyl (C=O) groups excluding carboxylic acids is 1. The smallest absolute Gasteiger partial charge is 0.407 e. The first-order valence-electron chi connectivity index (χ1n) is 9.72. The van der Waals surface area contributed by atoms with E-state index in [1.165, 1.54) is 11.3 Å². The summed E-state index contributed by atoms with van der Waals surface area (Å²) < 4.78 is 5.35. The second-order valence-corrected chi connectivity index (χ2v) is 9.27. The van der Waals surface area contributed by atoms with Crippen molar-refractivity contribution >= 4 is 47.4 Å². The van der Waals surface area contributed by atoms with Crippen molar-refractivity contribution in [1.82, 2.24) is 16.0 Å². The zero-order chi connectivity index (χ0) is 21.4. The van der Waals surface area contributed by atoms with Gasteiger partial charge < -0.3 is 25.8 Å². The molecule has 0 aliphatic rings. The highest BCUT2D eigenvalue weighted by atomic mass is 127. The molecular weight excluding hydrogens is 503 g/mol. The van der Waals surface area contributed by atoms with Crippen molar-refractivity contribution in [3.63, 3.8) is 0 Å². The minimum atomic E-state index is -1.03. The summed E-state index contributed by atoms with van der Waals surface area (Å²) >= 11 is 1.51. The molecule has 7 nitrogen and oxygen atoms in total. The van der Waals surface area contributed by atoms with Crippen molar-refractivity contribution in [2.75, 3.05) is 19.6 Å². The van der Waals surface area contributed by atoms with Crippen LogP contribution in [-0.4, -0.2) is 48.4 Å². The molecule has 0 aliphatic heterocycles. The minimum absolute atomic E-state index is 0. The van der Waals surface area contributed by atoms with E-state index in [2.05, 4.69) is 20.9 Å². The van der Waals surface area contributed by atoms with Gasteiger partial charge in [0.25, 0.3) is 0 Å². The van der Waals surface area contributed by atoms with Crippen LogP contribution in [0.4, 0.5) is 4.79 Å². The summed E-state index contributed by atoms with van der Waals surface area (Å²) in [5, 5.41) is 21.9. The van der Waals surface area contributed by atoms with Crippen LogP contribution in [0, 0.1) is 5.92 Å². The number of hydrogen-bond donors (Lipinski definition) is 4. The normalized spacial score (nSPS) is 15.1. The number of alkyl carbamates (subject to hydrolysis) is 1. The molecule has 1 aromatic rings. The van der Waals surface area contributed by atoms with Gasteiger partial charge in [-0.25, -0.2) is 9.79 Å². The number of amides is 1. The van der Waals surface area contributed by atoms with Gasteiger partial charge in [0.1, 0.15) is 11.2 Å². The Kier molecular flexibility index (Phi) is 12.1. The van der Waals surface area contributed by atoms with Gasteiger partial charge in [0, 0.05) is 18.0 Å². The van der Waals surface area contributed by atoms with Crippen molar-refractivity contribution in [2.24, 2.45) is 10.9 Å². The first kappa shape index (κ1) is 27.9. The van der Waals surface area contributed by atoms with Crippen LogP contribution < -0.4 is 16.0 Å². The number of carbonyl (C=O) groups is 1. The van der Waals surface area contributed by atoms with Crippen molar-refractivity contribution in [1.29, 1.82) is 0 Å². The van der Waals surface area contributed by atoms with Gasteiger partial charge in [0.2, 0.25) is 0 Å². The lowest BCUT2D eigenvalue weighted by Gasteiger charge is -2.27. The summed E-state index contributed by atoms with van der Waals surface area (Å²) in [7, 11) is 0. The largest absolute Gasteiger partial charge is 0.444 e. The molecule has 1 rings (SSSR count). The molecule has 9 heteroatoms. The van der Waals surface area contributed by atoms with Crippen molar-refractivity contribution in [2.45, 2.75) is 65.7 Å². The molecule has 1 amide bonds. The maximum absolute atomic E-state index is 12.1. The Balaban J connectivity index is 0.00000784. The summed E-state index contributed by atoms with van der Waals surface area (Å²) in [6, 6.07) is 3.69. The second kappa shape index (κ2) is 12.6. The van der Waals surface area contributed by atoms with Crippen molar-refractivity contribution in [3.8, 4) is 0 Å². The second-order valence-electron chi connectivity index (χ2n) is 8.32. The number of aliphatic imine (C=N–C) groups is 1. The van der Waals surface area contributed by atoms with Crippen LogP contribution in [-0.2, 0) is 10.3 Å². The maximum atomic E-state index is 12.1. The number of nitrogens with one attached hydrogen (secondary N) is 3. The van der Waals surface area contributed by atoms with Gasteiger partial charge >= 0.3 is 6.09 Å². The van der Waals surface area contributed by atoms with Crippen LogP contribution in [0.3, 0.4) is 0 Å². The van der Waals surface area contributed by atoms with Crippen LogP contribution in [0.2, 0.25) is 0 Å². The molecule has 0 spiro atoms. The molecule has 168 valence electrons. The number of guanidine groups is 1. The van der Waals surface area contributed by atoms with E-state index in [1.54, 1.807) is 6.92 Å². The van der Waals surface area contributed by atoms with Gasteiger partial charge in [0.05, 0.1) is 12.6 Å². The van der Waals surface area contributed by atoms with Crippen LogP contribution in [0.5, 0.6) is 0 Å². The molecule has 0 saturated carbocycles. The molecule has 2 atom stereocenters. The molecule has 0 fully saturated rings. The number of rotatable bonds is 8. The number of hydrogen-bond acceptors (Lipinski definition) is 5. The van der Waals surface area contributed by atoms with Crippen molar-refractivity contribution < 1.29 is 14.6 Å². The van der Waals surface area contributed by atoms with Gasteiger partial charge in [-0.1, -0.05) is 19.9 Å². The molecule has 0 aliphatic carbocycles. The number of nitrogens with zero attached hydrogens (tertiary/aromatic N) is 1. The zero-order valence-corrected chi connectivity index (χ0v) is 21.7. The summed E-state index contributed by atoms with van der Waals surface area (Å²) in [4.78, 5) is 17.5. The van der Waals surface area contributed by atoms with Crippen LogP contribution in [0.25, 0.3) is 0 Å². The lowest BCUT2D eigenvalue weighted by Crippen LogP contribution is -2.50. The summed E-state index contributed by atoms with van der Waals surface area (Å²) in [5.41, 5.74) is -1.56. The molecule has 29 heavy (non-hydrogen) atoms. The topological polar surface area (TPSA) is 95.0 Å². The maximum Gasteiger partial charge on any atom is 0.407 e. The molecular formula is C20H37IN4O3S. The fraction of sp³-hybridized carbons (Fsp3) is 0.700. The van der Waals surface area contributed by atoms with E-state index in [9.17, 15) is 9.90 Å². The first-order valence-corrected chi connectivity index (χ1v) is 10.6. The summed E-state index contributed by atoms with van der Waals surface area (Å²) in [5.74, 6) is 0.799.